The van der Waals surface area contributed by atoms with Gasteiger partial charge in [0.1, 0.15) is 0 Å². The summed E-state index contributed by atoms with van der Waals surface area (Å²) in [5.41, 5.74) is 1.25. The Morgan fingerprint density at radius 2 is 2.08 bits per heavy atom. The van der Waals surface area contributed by atoms with Gasteiger partial charge in [-0.3, -0.25) is 14.8 Å². The molecule has 24 heavy (non-hydrogen) atoms. The number of hydrogen-bond acceptors (Lipinski definition) is 5. The molecule has 0 amide bonds. The molecular formula is C19H29N3O2. The molecule has 0 bridgehead atoms. The minimum Gasteiger partial charge on any atom is -0.379 e. The largest absolute Gasteiger partial charge is 0.379 e. The van der Waals surface area contributed by atoms with Crippen LogP contribution in [0.15, 0.2) is 24.4 Å². The van der Waals surface area contributed by atoms with E-state index in [1.54, 1.807) is 0 Å². The van der Waals surface area contributed by atoms with E-state index in [9.17, 15) is 0 Å². The van der Waals surface area contributed by atoms with Crippen molar-refractivity contribution in [2.75, 3.05) is 52.5 Å². The van der Waals surface area contributed by atoms with Gasteiger partial charge >= 0.3 is 0 Å². The summed E-state index contributed by atoms with van der Waals surface area (Å²) in [7, 11) is 0. The number of aromatic nitrogens is 1. The lowest BCUT2D eigenvalue weighted by Gasteiger charge is -2.40. The average Bonchev–Trinajstić information content (AvgIpc) is 2.98. The lowest BCUT2D eigenvalue weighted by atomic mass is 9.86. The van der Waals surface area contributed by atoms with Crippen LogP contribution >= 0.6 is 0 Å². The quantitative estimate of drug-likeness (QED) is 0.841. The highest BCUT2D eigenvalue weighted by molar-refractivity contribution is 5.04. The predicted octanol–water partition coefficient (Wildman–Crippen LogP) is 1.78. The molecule has 3 aliphatic rings. The molecule has 132 valence electrons. The molecule has 5 nitrogen and oxygen atoms in total. The van der Waals surface area contributed by atoms with E-state index >= 15 is 0 Å². The molecule has 4 heterocycles. The van der Waals surface area contributed by atoms with Crippen molar-refractivity contribution in [1.29, 1.82) is 0 Å². The molecule has 5 heteroatoms. The summed E-state index contributed by atoms with van der Waals surface area (Å²) in [4.78, 5) is 9.56. The summed E-state index contributed by atoms with van der Waals surface area (Å²) in [6.07, 6.45) is 5.55. The van der Waals surface area contributed by atoms with Crippen molar-refractivity contribution in [3.8, 4) is 0 Å². The van der Waals surface area contributed by atoms with Crippen LogP contribution < -0.4 is 0 Å². The Labute approximate surface area is 144 Å². The molecule has 0 N–H and O–H groups in total. The third-order valence-corrected chi connectivity index (χ3v) is 5.64. The predicted molar refractivity (Wildman–Crippen MR) is 92.8 cm³/mol. The Bertz CT molecular complexity index is 521. The van der Waals surface area contributed by atoms with Crippen molar-refractivity contribution in [3.63, 3.8) is 0 Å². The van der Waals surface area contributed by atoms with Gasteiger partial charge in [0.15, 0.2) is 0 Å². The molecule has 4 rings (SSSR count). The minimum absolute atomic E-state index is 0.0873. The summed E-state index contributed by atoms with van der Waals surface area (Å²) in [6, 6.07) is 6.18. The highest BCUT2D eigenvalue weighted by Crippen LogP contribution is 2.38. The summed E-state index contributed by atoms with van der Waals surface area (Å²) >= 11 is 0. The number of morpholine rings is 1. The first-order valence-corrected chi connectivity index (χ1v) is 9.38. The highest BCUT2D eigenvalue weighted by Gasteiger charge is 2.43. The first-order chi connectivity index (χ1) is 11.8. The van der Waals surface area contributed by atoms with Gasteiger partial charge < -0.3 is 9.47 Å². The first kappa shape index (κ1) is 16.5. The molecule has 2 atom stereocenters. The van der Waals surface area contributed by atoms with Crippen LogP contribution in [0, 0.1) is 5.92 Å². The third-order valence-electron chi connectivity index (χ3n) is 5.64. The number of piperidine rings is 1. The number of ether oxygens (including phenoxy) is 2. The van der Waals surface area contributed by atoms with Gasteiger partial charge in [0.2, 0.25) is 0 Å². The number of nitrogens with zero attached hydrogens (tertiary/aromatic N) is 3. The Morgan fingerprint density at radius 1 is 1.17 bits per heavy atom. The molecule has 1 aromatic rings. The van der Waals surface area contributed by atoms with E-state index in [-0.39, 0.29) is 5.60 Å². The number of hydrogen-bond donors (Lipinski definition) is 0. The van der Waals surface area contributed by atoms with Crippen molar-refractivity contribution in [2.45, 2.75) is 31.4 Å². The fourth-order valence-electron chi connectivity index (χ4n) is 4.54. The molecule has 1 aromatic heterocycles. The van der Waals surface area contributed by atoms with E-state index in [4.69, 9.17) is 9.47 Å². The van der Waals surface area contributed by atoms with Crippen molar-refractivity contribution in [3.05, 3.63) is 30.1 Å². The second-order valence-corrected chi connectivity index (χ2v) is 7.61. The Morgan fingerprint density at radius 3 is 2.92 bits per heavy atom. The van der Waals surface area contributed by atoms with Crippen molar-refractivity contribution in [2.24, 2.45) is 5.92 Å². The van der Waals surface area contributed by atoms with Crippen molar-refractivity contribution in [1.82, 2.24) is 14.8 Å². The van der Waals surface area contributed by atoms with Crippen molar-refractivity contribution < 1.29 is 9.47 Å². The standard InChI is InChI=1S/C19H29N3O2/c1-2-6-20-18(4-1)14-22-7-3-5-19(16-22)12-17(15-24-19)13-21-8-10-23-11-9-21/h1-2,4,6,17H,3,5,7-16H2/t17-,19+/m0/s1. The highest BCUT2D eigenvalue weighted by atomic mass is 16.5. The summed E-state index contributed by atoms with van der Waals surface area (Å²) in [6.45, 7) is 9.19. The molecule has 3 fully saturated rings. The van der Waals surface area contributed by atoms with Gasteiger partial charge in [-0.05, 0) is 43.9 Å². The van der Waals surface area contributed by atoms with Crippen LogP contribution in [0.2, 0.25) is 0 Å². The van der Waals surface area contributed by atoms with Crippen LogP contribution in [0.25, 0.3) is 0 Å². The summed E-state index contributed by atoms with van der Waals surface area (Å²) in [5.74, 6) is 0.679. The van der Waals surface area contributed by atoms with E-state index in [1.807, 2.05) is 12.3 Å². The van der Waals surface area contributed by atoms with Crippen LogP contribution in [0.3, 0.4) is 0 Å². The molecule has 0 radical (unpaired) electrons. The van der Waals surface area contributed by atoms with E-state index in [0.717, 1.165) is 58.2 Å². The Kier molecular flexibility index (Phi) is 5.13. The number of pyridine rings is 1. The fraction of sp³-hybridized carbons (Fsp3) is 0.737. The molecule has 0 saturated carbocycles. The normalized spacial score (nSPS) is 32.4. The van der Waals surface area contributed by atoms with Gasteiger partial charge in [-0.1, -0.05) is 6.07 Å². The summed E-state index contributed by atoms with van der Waals surface area (Å²) < 4.78 is 11.8. The van der Waals surface area contributed by atoms with Gasteiger partial charge in [-0.2, -0.15) is 0 Å². The lowest BCUT2D eigenvalue weighted by molar-refractivity contribution is -0.0539. The fourth-order valence-corrected chi connectivity index (χ4v) is 4.54. The van der Waals surface area contributed by atoms with Crippen LogP contribution in [0.1, 0.15) is 25.0 Å². The maximum absolute atomic E-state index is 6.38. The first-order valence-electron chi connectivity index (χ1n) is 9.38. The topological polar surface area (TPSA) is 37.8 Å². The minimum atomic E-state index is 0.0873. The molecule has 0 aromatic carbocycles. The monoisotopic (exact) mass is 331 g/mol. The average molecular weight is 331 g/mol. The molecule has 3 aliphatic heterocycles. The zero-order valence-corrected chi connectivity index (χ0v) is 14.5. The zero-order chi connectivity index (χ0) is 16.2. The van der Waals surface area contributed by atoms with E-state index < -0.39 is 0 Å². The Hall–Kier alpha value is -1.01. The molecule has 0 unspecified atom stereocenters. The molecular weight excluding hydrogens is 302 g/mol. The van der Waals surface area contributed by atoms with Crippen molar-refractivity contribution >= 4 is 0 Å². The Balaban J connectivity index is 1.31. The van der Waals surface area contributed by atoms with E-state index in [1.165, 1.54) is 25.8 Å². The van der Waals surface area contributed by atoms with Gasteiger partial charge in [0, 0.05) is 38.9 Å². The smallest absolute Gasteiger partial charge is 0.0813 e. The van der Waals surface area contributed by atoms with Crippen LogP contribution in [0.5, 0.6) is 0 Å². The maximum atomic E-state index is 6.38. The second kappa shape index (κ2) is 7.48. The molecule has 1 spiro atoms. The van der Waals surface area contributed by atoms with Gasteiger partial charge in [-0.25, -0.2) is 0 Å². The maximum Gasteiger partial charge on any atom is 0.0813 e. The number of rotatable bonds is 4. The third kappa shape index (κ3) is 3.97. The van der Waals surface area contributed by atoms with E-state index in [0.29, 0.717) is 5.92 Å². The van der Waals surface area contributed by atoms with E-state index in [2.05, 4.69) is 26.9 Å². The zero-order valence-electron chi connectivity index (χ0n) is 14.5. The SMILES string of the molecule is c1ccc(CN2CCC[C@@]3(C[C@@H](CN4CCOCC4)CO3)C2)nc1. The van der Waals surface area contributed by atoms with Crippen LogP contribution in [-0.4, -0.2) is 72.9 Å². The van der Waals surface area contributed by atoms with Crippen LogP contribution in [0.4, 0.5) is 0 Å². The van der Waals surface area contributed by atoms with Gasteiger partial charge in [0.05, 0.1) is 31.1 Å². The molecule has 0 aliphatic carbocycles. The lowest BCUT2D eigenvalue weighted by Crippen LogP contribution is -2.47. The van der Waals surface area contributed by atoms with Gasteiger partial charge in [-0.15, -0.1) is 0 Å². The van der Waals surface area contributed by atoms with Crippen LogP contribution in [-0.2, 0) is 16.0 Å². The number of likely N-dealkylation sites (tertiary alicyclic amines) is 1. The van der Waals surface area contributed by atoms with Gasteiger partial charge in [0.25, 0.3) is 0 Å². The molecule has 3 saturated heterocycles. The second-order valence-electron chi connectivity index (χ2n) is 7.61. The summed E-state index contributed by atoms with van der Waals surface area (Å²) in [5, 5.41) is 0.